The zero-order valence-electron chi connectivity index (χ0n) is 15.3. The number of halogens is 2. The topological polar surface area (TPSA) is 86.5 Å². The highest BCUT2D eigenvalue weighted by Gasteiger charge is 2.17. The highest BCUT2D eigenvalue weighted by atomic mass is 35.5. The van der Waals surface area contributed by atoms with Gasteiger partial charge in [-0.2, -0.15) is 4.98 Å². The van der Waals surface area contributed by atoms with Gasteiger partial charge in [-0.3, -0.25) is 4.79 Å². The van der Waals surface area contributed by atoms with Crippen LogP contribution < -0.4 is 14.8 Å². The first kappa shape index (κ1) is 19.5. The molecule has 4 rings (SSSR count). The van der Waals surface area contributed by atoms with Gasteiger partial charge in [0.15, 0.2) is 11.5 Å². The standard InChI is InChI=1S/C20H17Cl2N3O4/c21-14-3-1-13(2-4-14)20-24-18(29-25-20)6-5-17(26)23-11-12-9-15(22)19-16(10-12)27-7-8-28-19/h1-4,9-10H,5-8,11H2,(H,23,26). The van der Waals surface area contributed by atoms with E-state index in [-0.39, 0.29) is 12.3 Å². The van der Waals surface area contributed by atoms with Crippen molar-refractivity contribution in [2.24, 2.45) is 0 Å². The van der Waals surface area contributed by atoms with Crippen LogP contribution in [0.15, 0.2) is 40.9 Å². The molecule has 0 bridgehead atoms. The van der Waals surface area contributed by atoms with Crippen LogP contribution in [0.1, 0.15) is 17.9 Å². The molecule has 29 heavy (non-hydrogen) atoms. The van der Waals surface area contributed by atoms with E-state index in [1.807, 2.05) is 18.2 Å². The van der Waals surface area contributed by atoms with Crippen molar-refractivity contribution in [3.05, 3.63) is 57.9 Å². The van der Waals surface area contributed by atoms with Crippen molar-refractivity contribution in [3.63, 3.8) is 0 Å². The summed E-state index contributed by atoms with van der Waals surface area (Å²) in [4.78, 5) is 16.5. The van der Waals surface area contributed by atoms with Gasteiger partial charge in [0.05, 0.1) is 5.02 Å². The third-order valence-electron chi connectivity index (χ3n) is 4.28. The molecule has 2 aromatic carbocycles. The average Bonchev–Trinajstić information content (AvgIpc) is 3.20. The molecule has 0 fully saturated rings. The molecule has 150 valence electrons. The number of carbonyl (C=O) groups is 1. The van der Waals surface area contributed by atoms with Gasteiger partial charge in [0.25, 0.3) is 0 Å². The Bertz CT molecular complexity index is 1020. The zero-order valence-corrected chi connectivity index (χ0v) is 16.8. The Morgan fingerprint density at radius 3 is 2.72 bits per heavy atom. The fraction of sp³-hybridized carbons (Fsp3) is 0.250. The number of hydrogen-bond donors (Lipinski definition) is 1. The van der Waals surface area contributed by atoms with Crippen molar-refractivity contribution in [1.29, 1.82) is 0 Å². The summed E-state index contributed by atoms with van der Waals surface area (Å²) in [6.45, 7) is 1.27. The smallest absolute Gasteiger partial charge is 0.227 e. The van der Waals surface area contributed by atoms with Crippen LogP contribution in [0.3, 0.4) is 0 Å². The Balaban J connectivity index is 1.30. The second kappa shape index (κ2) is 8.71. The van der Waals surface area contributed by atoms with Gasteiger partial charge in [0, 0.05) is 30.0 Å². The number of aromatic nitrogens is 2. The molecule has 0 unspecified atom stereocenters. The molecule has 3 aromatic rings. The lowest BCUT2D eigenvalue weighted by Gasteiger charge is -2.20. The molecule has 1 N–H and O–H groups in total. The molecule has 0 atom stereocenters. The van der Waals surface area contributed by atoms with E-state index in [2.05, 4.69) is 15.5 Å². The molecule has 0 saturated heterocycles. The van der Waals surface area contributed by atoms with Crippen LogP contribution >= 0.6 is 23.2 Å². The lowest BCUT2D eigenvalue weighted by atomic mass is 10.2. The van der Waals surface area contributed by atoms with Crippen LogP contribution in [-0.4, -0.2) is 29.3 Å². The van der Waals surface area contributed by atoms with Gasteiger partial charge >= 0.3 is 0 Å². The summed E-state index contributed by atoms with van der Waals surface area (Å²) in [5.41, 5.74) is 1.62. The molecule has 1 aliphatic rings. The summed E-state index contributed by atoms with van der Waals surface area (Å²) in [6, 6.07) is 10.7. The molecule has 2 heterocycles. The summed E-state index contributed by atoms with van der Waals surface area (Å²) >= 11 is 12.1. The number of amides is 1. The largest absolute Gasteiger partial charge is 0.486 e. The fourth-order valence-electron chi connectivity index (χ4n) is 2.85. The maximum absolute atomic E-state index is 12.2. The zero-order chi connectivity index (χ0) is 20.2. The molecule has 9 heteroatoms. The average molecular weight is 434 g/mol. The quantitative estimate of drug-likeness (QED) is 0.630. The van der Waals surface area contributed by atoms with E-state index in [1.54, 1.807) is 18.2 Å². The van der Waals surface area contributed by atoms with Gasteiger partial charge in [0.1, 0.15) is 13.2 Å². The van der Waals surface area contributed by atoms with E-state index in [0.29, 0.717) is 59.4 Å². The number of hydrogen-bond acceptors (Lipinski definition) is 6. The van der Waals surface area contributed by atoms with Crippen LogP contribution in [0.5, 0.6) is 11.5 Å². The number of benzene rings is 2. The van der Waals surface area contributed by atoms with Crippen LogP contribution in [0.4, 0.5) is 0 Å². The van der Waals surface area contributed by atoms with E-state index in [0.717, 1.165) is 11.1 Å². The lowest BCUT2D eigenvalue weighted by molar-refractivity contribution is -0.121. The summed E-state index contributed by atoms with van der Waals surface area (Å²) in [5, 5.41) is 7.88. The van der Waals surface area contributed by atoms with E-state index >= 15 is 0 Å². The monoisotopic (exact) mass is 433 g/mol. The Morgan fingerprint density at radius 1 is 1.10 bits per heavy atom. The van der Waals surface area contributed by atoms with Crippen molar-refractivity contribution < 1.29 is 18.8 Å². The van der Waals surface area contributed by atoms with Crippen molar-refractivity contribution in [2.45, 2.75) is 19.4 Å². The van der Waals surface area contributed by atoms with Gasteiger partial charge in [0.2, 0.25) is 17.6 Å². The Hall–Kier alpha value is -2.77. The van der Waals surface area contributed by atoms with Gasteiger partial charge in [-0.15, -0.1) is 0 Å². The maximum Gasteiger partial charge on any atom is 0.227 e. The van der Waals surface area contributed by atoms with Crippen LogP contribution in [0, 0.1) is 0 Å². The SMILES string of the molecule is O=C(CCc1nc(-c2ccc(Cl)cc2)no1)NCc1cc(Cl)c2c(c1)OCCO2. The van der Waals surface area contributed by atoms with Crippen molar-refractivity contribution in [3.8, 4) is 22.9 Å². The number of nitrogens with one attached hydrogen (secondary N) is 1. The maximum atomic E-state index is 12.2. The van der Waals surface area contributed by atoms with Crippen molar-refractivity contribution in [2.75, 3.05) is 13.2 Å². The second-order valence-electron chi connectivity index (χ2n) is 6.40. The van der Waals surface area contributed by atoms with Crippen LogP contribution in [-0.2, 0) is 17.8 Å². The van der Waals surface area contributed by atoms with Crippen molar-refractivity contribution in [1.82, 2.24) is 15.5 Å². The number of nitrogens with zero attached hydrogens (tertiary/aromatic N) is 2. The fourth-order valence-corrected chi connectivity index (χ4v) is 3.26. The number of carbonyl (C=O) groups excluding carboxylic acids is 1. The molecule has 0 radical (unpaired) electrons. The highest BCUT2D eigenvalue weighted by Crippen LogP contribution is 2.38. The molecule has 1 aromatic heterocycles. The number of rotatable bonds is 6. The number of fused-ring (bicyclic) bond motifs is 1. The number of aryl methyl sites for hydroxylation is 1. The normalized spacial score (nSPS) is 12.6. The van der Waals surface area contributed by atoms with Gasteiger partial charge < -0.3 is 19.3 Å². The van der Waals surface area contributed by atoms with E-state index in [1.165, 1.54) is 0 Å². The number of ether oxygens (including phenoxy) is 2. The van der Waals surface area contributed by atoms with Gasteiger partial charge in [-0.05, 0) is 42.0 Å². The molecule has 0 spiro atoms. The van der Waals surface area contributed by atoms with E-state index < -0.39 is 0 Å². The summed E-state index contributed by atoms with van der Waals surface area (Å²) in [5.74, 6) is 1.85. The first-order chi connectivity index (χ1) is 14.1. The molecular weight excluding hydrogens is 417 g/mol. The van der Waals surface area contributed by atoms with Gasteiger partial charge in [-0.25, -0.2) is 0 Å². The third-order valence-corrected chi connectivity index (χ3v) is 4.82. The summed E-state index contributed by atoms with van der Waals surface area (Å²) in [7, 11) is 0. The molecule has 1 amide bonds. The second-order valence-corrected chi connectivity index (χ2v) is 7.24. The molecule has 0 aliphatic carbocycles. The highest BCUT2D eigenvalue weighted by molar-refractivity contribution is 6.32. The summed E-state index contributed by atoms with van der Waals surface area (Å²) in [6.07, 6.45) is 0.564. The minimum absolute atomic E-state index is 0.137. The van der Waals surface area contributed by atoms with Crippen LogP contribution in [0.2, 0.25) is 10.0 Å². The predicted molar refractivity (Wildman–Crippen MR) is 107 cm³/mol. The minimum Gasteiger partial charge on any atom is -0.486 e. The Kier molecular flexibility index (Phi) is 5.87. The third kappa shape index (κ3) is 4.81. The molecule has 7 nitrogen and oxygen atoms in total. The lowest BCUT2D eigenvalue weighted by Crippen LogP contribution is -2.23. The van der Waals surface area contributed by atoms with E-state index in [4.69, 9.17) is 37.2 Å². The minimum atomic E-state index is -0.137. The van der Waals surface area contributed by atoms with Crippen LogP contribution in [0.25, 0.3) is 11.4 Å². The summed E-state index contributed by atoms with van der Waals surface area (Å²) < 4.78 is 16.3. The first-order valence-electron chi connectivity index (χ1n) is 9.02. The molecule has 0 saturated carbocycles. The predicted octanol–water partition coefficient (Wildman–Crippen LogP) is 4.06. The molecular formula is C20H17Cl2N3O4. The van der Waals surface area contributed by atoms with Gasteiger partial charge in [-0.1, -0.05) is 28.4 Å². The van der Waals surface area contributed by atoms with Crippen molar-refractivity contribution >= 4 is 29.1 Å². The first-order valence-corrected chi connectivity index (χ1v) is 9.77. The Morgan fingerprint density at radius 2 is 1.90 bits per heavy atom. The Labute approximate surface area is 176 Å². The van der Waals surface area contributed by atoms with E-state index in [9.17, 15) is 4.79 Å². The molecule has 1 aliphatic heterocycles.